The van der Waals surface area contributed by atoms with Crippen molar-refractivity contribution in [1.29, 1.82) is 0 Å². The highest BCUT2D eigenvalue weighted by Gasteiger charge is 1.94. The van der Waals surface area contributed by atoms with Crippen LogP contribution in [-0.2, 0) is 0 Å². The van der Waals surface area contributed by atoms with E-state index in [2.05, 4.69) is 31.7 Å². The third-order valence-electron chi connectivity index (χ3n) is 1.30. The van der Waals surface area contributed by atoms with Gasteiger partial charge >= 0.3 is 0 Å². The second kappa shape index (κ2) is 8.95. The Hall–Kier alpha value is -1.32. The van der Waals surface area contributed by atoms with Gasteiger partial charge in [0.1, 0.15) is 5.71 Å². The van der Waals surface area contributed by atoms with Gasteiger partial charge in [-0.15, -0.1) is 0 Å². The molecule has 0 rings (SSSR count). The molecule has 0 aromatic heterocycles. The first-order valence-corrected chi connectivity index (χ1v) is 5.11. The van der Waals surface area contributed by atoms with Crippen LogP contribution in [0.5, 0.6) is 0 Å². The fourth-order valence-corrected chi connectivity index (χ4v) is 0.603. The van der Waals surface area contributed by atoms with Gasteiger partial charge in [-0.05, 0) is 24.4 Å². The van der Waals surface area contributed by atoms with Gasteiger partial charge < -0.3 is 15.7 Å². The van der Waals surface area contributed by atoms with Crippen molar-refractivity contribution in [2.75, 3.05) is 20.7 Å². The molecule has 0 fully saturated rings. The number of aliphatic hydroxyl groups excluding tert-OH is 1. The van der Waals surface area contributed by atoms with E-state index >= 15 is 0 Å². The van der Waals surface area contributed by atoms with Crippen LogP contribution >= 0.6 is 24.4 Å². The molecule has 0 aromatic carbocycles. The maximum atomic E-state index is 8.93. The van der Waals surface area contributed by atoms with Crippen LogP contribution in [0.1, 0.15) is 0 Å². The van der Waals surface area contributed by atoms with Gasteiger partial charge in [-0.25, -0.2) is 0 Å². The summed E-state index contributed by atoms with van der Waals surface area (Å²) < 4.78 is 0. The molecule has 9 heteroatoms. The Kier molecular flexibility index (Phi) is 8.21. The van der Waals surface area contributed by atoms with E-state index in [9.17, 15) is 0 Å². The number of nitrogens with one attached hydrogen (secondary N) is 4. The molecule has 0 saturated carbocycles. The molecule has 0 aliphatic rings. The summed E-state index contributed by atoms with van der Waals surface area (Å²) in [5.41, 5.74) is 5.35. The third-order valence-corrected chi connectivity index (χ3v) is 1.89. The highest BCUT2D eigenvalue weighted by molar-refractivity contribution is 7.80. The minimum absolute atomic E-state index is 0.267. The Bertz CT molecular complexity index is 303. The van der Waals surface area contributed by atoms with Crippen molar-refractivity contribution in [2.45, 2.75) is 0 Å². The van der Waals surface area contributed by atoms with E-state index in [1.807, 2.05) is 0 Å². The Balaban J connectivity index is 4.18. The molecule has 0 heterocycles. The maximum Gasteiger partial charge on any atom is 0.186 e. The maximum absolute atomic E-state index is 8.93. The molecule has 0 aliphatic carbocycles. The third kappa shape index (κ3) is 7.04. The number of hydrazone groups is 2. The number of aliphatic hydroxyl groups is 1. The second-order valence-corrected chi connectivity index (χ2v) is 3.22. The van der Waals surface area contributed by atoms with Gasteiger partial charge in [0, 0.05) is 14.1 Å². The monoisotopic (exact) mass is 262 g/mol. The first-order chi connectivity index (χ1) is 7.63. The average molecular weight is 262 g/mol. The van der Waals surface area contributed by atoms with Crippen LogP contribution in [0.4, 0.5) is 0 Å². The molecule has 7 nitrogen and oxygen atoms in total. The molecule has 0 amide bonds. The summed E-state index contributed by atoms with van der Waals surface area (Å²) in [5, 5.41) is 22.5. The van der Waals surface area contributed by atoms with Gasteiger partial charge in [0.25, 0.3) is 0 Å². The Morgan fingerprint density at radius 1 is 1.19 bits per heavy atom. The first-order valence-electron chi connectivity index (χ1n) is 4.30. The molecule has 90 valence electrons. The van der Waals surface area contributed by atoms with Crippen LogP contribution in [0.25, 0.3) is 0 Å². The van der Waals surface area contributed by atoms with Gasteiger partial charge in [0.05, 0.1) is 12.8 Å². The number of thiocarbonyl (C=S) groups is 2. The summed E-state index contributed by atoms with van der Waals surface area (Å²) in [6, 6.07) is 0. The van der Waals surface area contributed by atoms with Crippen LogP contribution in [0.3, 0.4) is 0 Å². The van der Waals surface area contributed by atoms with Crippen molar-refractivity contribution < 1.29 is 5.11 Å². The quantitative estimate of drug-likeness (QED) is 0.239. The van der Waals surface area contributed by atoms with E-state index in [-0.39, 0.29) is 6.61 Å². The highest BCUT2D eigenvalue weighted by Crippen LogP contribution is 1.73. The van der Waals surface area contributed by atoms with Crippen LogP contribution < -0.4 is 21.5 Å². The standard InChI is InChI=1S/C7H14N6OS2/c1-8-6(15)12-10-3-5(4-14)11-13-7(16)9-2/h3,14H,4H2,1-2H3,(H2,8,12,15)(H2,9,13,16)/b10-3-,11-5-. The summed E-state index contributed by atoms with van der Waals surface area (Å²) >= 11 is 9.58. The molecule has 0 radical (unpaired) electrons. The van der Waals surface area contributed by atoms with E-state index in [1.165, 1.54) is 6.21 Å². The van der Waals surface area contributed by atoms with E-state index in [4.69, 9.17) is 29.5 Å². The molecule has 0 saturated heterocycles. The molecular weight excluding hydrogens is 248 g/mol. The first kappa shape index (κ1) is 14.7. The molecular formula is C7H14N6OS2. The van der Waals surface area contributed by atoms with Gasteiger partial charge in [0.15, 0.2) is 10.2 Å². The molecule has 0 bridgehead atoms. The summed E-state index contributed by atoms with van der Waals surface area (Å²) in [6.07, 6.45) is 1.33. The van der Waals surface area contributed by atoms with Crippen molar-refractivity contribution in [3.8, 4) is 0 Å². The predicted molar refractivity (Wildman–Crippen MR) is 72.6 cm³/mol. The topological polar surface area (TPSA) is 93.1 Å². The minimum atomic E-state index is -0.267. The molecule has 0 aromatic rings. The normalized spacial score (nSPS) is 11.1. The fraction of sp³-hybridized carbons (Fsp3) is 0.429. The molecule has 5 N–H and O–H groups in total. The number of nitrogens with zero attached hydrogens (tertiary/aromatic N) is 2. The molecule has 0 atom stereocenters. The van der Waals surface area contributed by atoms with Crippen molar-refractivity contribution in [2.24, 2.45) is 10.2 Å². The Morgan fingerprint density at radius 2 is 1.75 bits per heavy atom. The van der Waals surface area contributed by atoms with Gasteiger partial charge in [-0.3, -0.25) is 10.9 Å². The molecule has 0 spiro atoms. The summed E-state index contributed by atoms with van der Waals surface area (Å²) in [7, 11) is 3.32. The van der Waals surface area contributed by atoms with Crippen molar-refractivity contribution in [3.05, 3.63) is 0 Å². The average Bonchev–Trinajstić information content (AvgIpc) is 2.32. The zero-order valence-electron chi connectivity index (χ0n) is 8.94. The lowest BCUT2D eigenvalue weighted by molar-refractivity contribution is 0.359. The van der Waals surface area contributed by atoms with E-state index in [0.717, 1.165) is 0 Å². The minimum Gasteiger partial charge on any atom is -0.390 e. The number of hydrogen-bond donors (Lipinski definition) is 5. The van der Waals surface area contributed by atoms with Crippen LogP contribution in [-0.4, -0.2) is 48.0 Å². The highest BCUT2D eigenvalue weighted by atomic mass is 32.1. The molecule has 0 unspecified atom stereocenters. The van der Waals surface area contributed by atoms with Crippen LogP contribution in [0, 0.1) is 0 Å². The SMILES string of the molecule is CNC(=S)N/N=C\C(CO)=N\NC(=S)NC. The van der Waals surface area contributed by atoms with Crippen molar-refractivity contribution >= 4 is 46.6 Å². The molecule has 16 heavy (non-hydrogen) atoms. The molecule has 0 aliphatic heterocycles. The number of hydrogen-bond acceptors (Lipinski definition) is 5. The van der Waals surface area contributed by atoms with E-state index in [1.54, 1.807) is 14.1 Å². The van der Waals surface area contributed by atoms with Gasteiger partial charge in [-0.1, -0.05) is 0 Å². The smallest absolute Gasteiger partial charge is 0.186 e. The number of rotatable bonds is 4. The summed E-state index contributed by atoms with van der Waals surface area (Å²) in [5.74, 6) is 0. The van der Waals surface area contributed by atoms with Gasteiger partial charge in [0.2, 0.25) is 0 Å². The lowest BCUT2D eigenvalue weighted by Gasteiger charge is -2.02. The van der Waals surface area contributed by atoms with Crippen LogP contribution in [0.15, 0.2) is 10.2 Å². The van der Waals surface area contributed by atoms with Crippen LogP contribution in [0.2, 0.25) is 0 Å². The van der Waals surface area contributed by atoms with Gasteiger partial charge in [-0.2, -0.15) is 10.2 Å². The zero-order chi connectivity index (χ0) is 12.4. The van der Waals surface area contributed by atoms with E-state index < -0.39 is 0 Å². The van der Waals surface area contributed by atoms with Crippen molar-refractivity contribution in [1.82, 2.24) is 21.5 Å². The lowest BCUT2D eigenvalue weighted by Crippen LogP contribution is -2.31. The fourth-order valence-electron chi connectivity index (χ4n) is 0.505. The summed E-state index contributed by atoms with van der Waals surface area (Å²) in [6.45, 7) is -0.267. The lowest BCUT2D eigenvalue weighted by atomic mass is 10.4. The Labute approximate surface area is 104 Å². The van der Waals surface area contributed by atoms with E-state index in [0.29, 0.717) is 15.9 Å². The predicted octanol–water partition coefficient (Wildman–Crippen LogP) is -1.49. The Morgan fingerprint density at radius 3 is 2.25 bits per heavy atom. The van der Waals surface area contributed by atoms with Crippen molar-refractivity contribution in [3.63, 3.8) is 0 Å². The zero-order valence-corrected chi connectivity index (χ0v) is 10.6. The largest absolute Gasteiger partial charge is 0.390 e. The summed E-state index contributed by atoms with van der Waals surface area (Å²) in [4.78, 5) is 0. The second-order valence-electron chi connectivity index (χ2n) is 2.40.